The van der Waals surface area contributed by atoms with Crippen LogP contribution < -0.4 is 4.72 Å². The van der Waals surface area contributed by atoms with Crippen LogP contribution in [-0.2, 0) is 16.4 Å². The van der Waals surface area contributed by atoms with Gasteiger partial charge in [0, 0.05) is 18.0 Å². The van der Waals surface area contributed by atoms with E-state index in [1.807, 2.05) is 12.1 Å². The number of fused-ring (bicyclic) bond motifs is 3. The number of nitrogens with one attached hydrogen (secondary N) is 1. The monoisotopic (exact) mass is 345 g/mol. The highest BCUT2D eigenvalue weighted by molar-refractivity contribution is 7.89. The zero-order valence-corrected chi connectivity index (χ0v) is 13.4. The summed E-state index contributed by atoms with van der Waals surface area (Å²) in [5.74, 6) is 0.166. The molecule has 3 atom stereocenters. The quantitative estimate of drug-likeness (QED) is 0.674. The number of hydrogen-bond donors (Lipinski definition) is 1. The average molecular weight is 345 g/mol. The van der Waals surface area contributed by atoms with Crippen molar-refractivity contribution in [1.29, 1.82) is 0 Å². The molecule has 2 aliphatic carbocycles. The lowest BCUT2D eigenvalue weighted by Gasteiger charge is -2.13. The first kappa shape index (κ1) is 15.2. The second-order valence-corrected chi connectivity index (χ2v) is 7.90. The molecule has 1 heterocycles. The Balaban J connectivity index is 1.55. The SMILES string of the molecule is O=[N+]([O-])c1ccc(S(=O)(=O)N[C@@H]2[C@@H]3CCc4ccccc4[C@H]32)cn1. The summed E-state index contributed by atoms with van der Waals surface area (Å²) in [6.07, 6.45) is 2.96. The molecular weight excluding hydrogens is 330 g/mol. The van der Waals surface area contributed by atoms with Gasteiger partial charge in [-0.25, -0.2) is 13.1 Å². The Bertz CT molecular complexity index is 911. The molecule has 1 saturated carbocycles. The minimum absolute atomic E-state index is 0.0509. The smallest absolute Gasteiger partial charge is 0.358 e. The number of sulfonamides is 1. The van der Waals surface area contributed by atoms with Crippen LogP contribution in [0.4, 0.5) is 5.82 Å². The fourth-order valence-electron chi connectivity index (χ4n) is 3.61. The van der Waals surface area contributed by atoms with Gasteiger partial charge in [0.2, 0.25) is 10.0 Å². The minimum atomic E-state index is -3.74. The van der Waals surface area contributed by atoms with Crippen LogP contribution in [0.1, 0.15) is 23.5 Å². The van der Waals surface area contributed by atoms with Gasteiger partial charge in [0.15, 0.2) is 6.20 Å². The normalized spacial score (nSPS) is 24.8. The first-order valence-corrected chi connectivity index (χ1v) is 9.16. The van der Waals surface area contributed by atoms with Gasteiger partial charge in [-0.2, -0.15) is 0 Å². The van der Waals surface area contributed by atoms with Crippen LogP contribution in [0.2, 0.25) is 0 Å². The summed E-state index contributed by atoms with van der Waals surface area (Å²) in [4.78, 5) is 13.5. The van der Waals surface area contributed by atoms with Gasteiger partial charge >= 0.3 is 5.82 Å². The van der Waals surface area contributed by atoms with Crippen LogP contribution in [0.5, 0.6) is 0 Å². The molecule has 2 aromatic rings. The number of aromatic nitrogens is 1. The lowest BCUT2D eigenvalue weighted by atomic mass is 9.92. The van der Waals surface area contributed by atoms with E-state index in [9.17, 15) is 18.5 Å². The van der Waals surface area contributed by atoms with Gasteiger partial charge in [-0.3, -0.25) is 0 Å². The Morgan fingerprint density at radius 3 is 2.71 bits per heavy atom. The van der Waals surface area contributed by atoms with Crippen LogP contribution in [0.25, 0.3) is 0 Å². The van der Waals surface area contributed by atoms with Crippen molar-refractivity contribution in [1.82, 2.24) is 9.71 Å². The van der Waals surface area contributed by atoms with Gasteiger partial charge in [-0.1, -0.05) is 24.3 Å². The van der Waals surface area contributed by atoms with Gasteiger partial charge in [0.25, 0.3) is 0 Å². The molecule has 0 bridgehead atoms. The molecule has 0 aliphatic heterocycles. The number of rotatable bonds is 4. The fraction of sp³-hybridized carbons (Fsp3) is 0.312. The lowest BCUT2D eigenvalue weighted by Crippen LogP contribution is -2.27. The molecule has 0 radical (unpaired) electrons. The molecule has 1 aromatic heterocycles. The molecular formula is C16H15N3O4S. The lowest BCUT2D eigenvalue weighted by molar-refractivity contribution is -0.389. The number of pyridine rings is 1. The first-order chi connectivity index (χ1) is 11.5. The van der Waals surface area contributed by atoms with Crippen molar-refractivity contribution in [2.75, 3.05) is 0 Å². The summed E-state index contributed by atoms with van der Waals surface area (Å²) in [7, 11) is -3.74. The van der Waals surface area contributed by atoms with Crippen molar-refractivity contribution in [3.05, 3.63) is 63.8 Å². The molecule has 24 heavy (non-hydrogen) atoms. The molecule has 1 N–H and O–H groups in total. The number of nitrogens with zero attached hydrogens (tertiary/aromatic N) is 2. The topological polar surface area (TPSA) is 102 Å². The molecule has 0 amide bonds. The van der Waals surface area contributed by atoms with Crippen LogP contribution in [0, 0.1) is 16.0 Å². The van der Waals surface area contributed by atoms with E-state index in [4.69, 9.17) is 0 Å². The Labute approximate surface area is 138 Å². The second kappa shape index (κ2) is 5.35. The fourth-order valence-corrected chi connectivity index (χ4v) is 4.87. The molecule has 0 spiro atoms. The van der Waals surface area contributed by atoms with E-state index in [0.717, 1.165) is 25.1 Å². The third-order valence-corrected chi connectivity index (χ3v) is 6.28. The molecule has 1 fully saturated rings. The summed E-state index contributed by atoms with van der Waals surface area (Å²) >= 11 is 0. The van der Waals surface area contributed by atoms with Crippen LogP contribution in [-0.4, -0.2) is 24.4 Å². The first-order valence-electron chi connectivity index (χ1n) is 7.68. The number of nitro groups is 1. The largest absolute Gasteiger partial charge is 0.363 e. The van der Waals surface area contributed by atoms with E-state index < -0.39 is 14.9 Å². The predicted molar refractivity (Wildman–Crippen MR) is 86.0 cm³/mol. The second-order valence-electron chi connectivity index (χ2n) is 6.18. The molecule has 2 aliphatic rings. The molecule has 124 valence electrons. The van der Waals surface area contributed by atoms with E-state index in [1.165, 1.54) is 17.2 Å². The van der Waals surface area contributed by atoms with E-state index in [0.29, 0.717) is 5.92 Å². The Morgan fingerprint density at radius 1 is 1.21 bits per heavy atom. The minimum Gasteiger partial charge on any atom is -0.358 e. The summed E-state index contributed by atoms with van der Waals surface area (Å²) in [5, 5.41) is 10.6. The Kier molecular flexibility index (Phi) is 3.40. The van der Waals surface area contributed by atoms with E-state index in [2.05, 4.69) is 21.8 Å². The molecule has 8 heteroatoms. The van der Waals surface area contributed by atoms with Crippen LogP contribution in [0.15, 0.2) is 47.5 Å². The van der Waals surface area contributed by atoms with Gasteiger partial charge in [-0.15, -0.1) is 0 Å². The van der Waals surface area contributed by atoms with Crippen molar-refractivity contribution < 1.29 is 13.3 Å². The highest BCUT2D eigenvalue weighted by atomic mass is 32.2. The number of hydrogen-bond acceptors (Lipinski definition) is 5. The highest BCUT2D eigenvalue weighted by Crippen LogP contribution is 2.54. The van der Waals surface area contributed by atoms with Crippen molar-refractivity contribution in [3.63, 3.8) is 0 Å². The third-order valence-electron chi connectivity index (χ3n) is 4.84. The summed E-state index contributed by atoms with van der Waals surface area (Å²) in [5.41, 5.74) is 2.51. The zero-order chi connectivity index (χ0) is 16.9. The zero-order valence-electron chi connectivity index (χ0n) is 12.6. The summed E-state index contributed by atoms with van der Waals surface area (Å²) < 4.78 is 27.7. The summed E-state index contributed by atoms with van der Waals surface area (Å²) in [6.45, 7) is 0. The third kappa shape index (κ3) is 2.47. The van der Waals surface area contributed by atoms with Gasteiger partial charge in [0.1, 0.15) is 4.90 Å². The van der Waals surface area contributed by atoms with Crippen molar-refractivity contribution in [3.8, 4) is 0 Å². The highest BCUT2D eigenvalue weighted by Gasteiger charge is 2.54. The van der Waals surface area contributed by atoms with Gasteiger partial charge in [-0.05, 0) is 45.9 Å². The summed E-state index contributed by atoms with van der Waals surface area (Å²) in [6, 6.07) is 10.3. The molecule has 0 saturated heterocycles. The van der Waals surface area contributed by atoms with Gasteiger partial charge in [0.05, 0.1) is 0 Å². The maximum absolute atomic E-state index is 12.5. The van der Waals surface area contributed by atoms with Crippen molar-refractivity contribution >= 4 is 15.8 Å². The van der Waals surface area contributed by atoms with E-state index in [1.54, 1.807) is 0 Å². The average Bonchev–Trinajstić information content (AvgIpc) is 3.27. The maximum atomic E-state index is 12.5. The molecule has 4 rings (SSSR count). The number of aryl methyl sites for hydroxylation is 1. The Morgan fingerprint density at radius 2 is 2.00 bits per heavy atom. The number of benzene rings is 1. The van der Waals surface area contributed by atoms with Crippen molar-refractivity contribution in [2.24, 2.45) is 5.92 Å². The standard InChI is InChI=1S/C16H15N3O4S/c20-19(21)14-8-6-11(9-17-14)24(22,23)18-16-13-7-5-10-3-1-2-4-12(10)15(13)16/h1-4,6,8-9,13,15-16,18H,5,7H2/t13-,15-,16-/m1/s1. The molecule has 0 unspecified atom stereocenters. The predicted octanol–water partition coefficient (Wildman–Crippen LogP) is 2.00. The van der Waals surface area contributed by atoms with E-state index >= 15 is 0 Å². The maximum Gasteiger partial charge on any atom is 0.363 e. The van der Waals surface area contributed by atoms with Crippen LogP contribution >= 0.6 is 0 Å². The molecule has 1 aromatic carbocycles. The molecule has 7 nitrogen and oxygen atoms in total. The Hall–Kier alpha value is -2.32. The van der Waals surface area contributed by atoms with Crippen molar-refractivity contribution in [2.45, 2.75) is 29.7 Å². The van der Waals surface area contributed by atoms with Gasteiger partial charge < -0.3 is 10.1 Å². The van der Waals surface area contributed by atoms with E-state index in [-0.39, 0.29) is 22.7 Å². The van der Waals surface area contributed by atoms with Crippen LogP contribution in [0.3, 0.4) is 0 Å².